The summed E-state index contributed by atoms with van der Waals surface area (Å²) in [5.74, 6) is -2.43. The second-order valence-electron chi connectivity index (χ2n) is 10.0. The number of aliphatic carboxylic acids is 1. The van der Waals surface area contributed by atoms with Crippen LogP contribution < -0.4 is 0 Å². The van der Waals surface area contributed by atoms with Crippen molar-refractivity contribution in [3.05, 3.63) is 32.1 Å². The first-order valence-electron chi connectivity index (χ1n) is 12.2. The average molecular weight is 554 g/mol. The maximum absolute atomic E-state index is 12.9. The number of nitrogens with zero attached hydrogens (tertiary/aromatic N) is 3. The van der Waals surface area contributed by atoms with Crippen molar-refractivity contribution in [3.8, 4) is 0 Å². The number of carboxylic acids is 1. The van der Waals surface area contributed by atoms with Gasteiger partial charge in [0.15, 0.2) is 0 Å². The number of β-lactam (4-membered cyclic amide) rings is 1. The molecule has 37 heavy (non-hydrogen) atoms. The van der Waals surface area contributed by atoms with Gasteiger partial charge in [-0.1, -0.05) is 18.7 Å². The Balaban J connectivity index is 1.91. The monoisotopic (exact) mass is 553 g/mol. The van der Waals surface area contributed by atoms with Crippen LogP contribution in [-0.4, -0.2) is 78.9 Å². The van der Waals surface area contributed by atoms with E-state index >= 15 is 0 Å². The van der Waals surface area contributed by atoms with Crippen LogP contribution in [-0.2, 0) is 20.9 Å². The van der Waals surface area contributed by atoms with Crippen molar-refractivity contribution >= 4 is 47.1 Å². The third-order valence-corrected chi connectivity index (χ3v) is 8.89. The first-order chi connectivity index (χ1) is 17.4. The molecule has 0 spiro atoms. The number of hydrogen-bond acceptors (Lipinski definition) is 9. The van der Waals surface area contributed by atoms with E-state index in [9.17, 15) is 29.7 Å². The number of rotatable bonds is 11. The Bertz CT molecular complexity index is 1090. The number of hydrogen-bond donors (Lipinski definition) is 3. The number of carbonyl (C=O) groups is 3. The molecule has 204 valence electrons. The zero-order valence-corrected chi connectivity index (χ0v) is 23.5. The Morgan fingerprint density at radius 1 is 1.30 bits per heavy atom. The van der Waals surface area contributed by atoms with Crippen LogP contribution in [0.1, 0.15) is 58.5 Å². The fourth-order valence-electron chi connectivity index (χ4n) is 5.22. The van der Waals surface area contributed by atoms with Crippen molar-refractivity contribution in [3.63, 3.8) is 0 Å². The lowest BCUT2D eigenvalue weighted by Gasteiger charge is -2.50. The van der Waals surface area contributed by atoms with E-state index < -0.39 is 41.4 Å². The van der Waals surface area contributed by atoms with Crippen LogP contribution in [0, 0.1) is 11.3 Å². The fourth-order valence-corrected chi connectivity index (χ4v) is 7.13. The van der Waals surface area contributed by atoms with E-state index in [1.165, 1.54) is 34.9 Å². The number of thiazole rings is 1. The Morgan fingerprint density at radius 3 is 2.49 bits per heavy atom. The Kier molecular flexibility index (Phi) is 9.10. The predicted molar refractivity (Wildman–Crippen MR) is 141 cm³/mol. The third kappa shape index (κ3) is 5.43. The molecule has 3 heterocycles. The largest absolute Gasteiger partial charge is 0.477 e. The Labute approximate surface area is 225 Å². The van der Waals surface area contributed by atoms with Crippen molar-refractivity contribution in [2.45, 2.75) is 78.8 Å². The number of carboxylic acid groups (broad SMARTS) is 1. The van der Waals surface area contributed by atoms with Gasteiger partial charge in [-0.2, -0.15) is 0 Å². The van der Waals surface area contributed by atoms with Crippen LogP contribution >= 0.6 is 23.1 Å². The molecule has 3 rings (SSSR count). The van der Waals surface area contributed by atoms with Crippen molar-refractivity contribution in [1.29, 1.82) is 0 Å². The first-order valence-corrected chi connectivity index (χ1v) is 13.9. The zero-order valence-electron chi connectivity index (χ0n) is 21.9. The number of aromatic nitrogens is 1. The van der Waals surface area contributed by atoms with Crippen LogP contribution in [0.25, 0.3) is 6.08 Å². The standard InChI is InChI=1S/C25H35N3O7S2/c1-13(2)27(14(3)4)24(34)35-9-8-25(6)20-18(15(5)30)22(31)28(20)19(23(32)33)21(25)36-10-7-17-16(11-29)26-12-37-17/h7,10,12-15,18,20,29-30H,8-9,11H2,1-6H3,(H,32,33)/t15-,18-,20-,25-/m1/s1. The Morgan fingerprint density at radius 2 is 1.95 bits per heavy atom. The second-order valence-corrected chi connectivity index (χ2v) is 11.8. The number of thioether (sulfide) groups is 1. The van der Waals surface area contributed by atoms with Gasteiger partial charge in [0.2, 0.25) is 5.91 Å². The van der Waals surface area contributed by atoms with Crippen molar-refractivity contribution in [1.82, 2.24) is 14.8 Å². The van der Waals surface area contributed by atoms with Gasteiger partial charge >= 0.3 is 12.1 Å². The minimum atomic E-state index is -1.24. The fraction of sp³-hybridized carbons (Fsp3) is 0.600. The van der Waals surface area contributed by atoms with Gasteiger partial charge in [-0.15, -0.1) is 11.3 Å². The number of ether oxygens (including phenoxy) is 1. The molecule has 0 bridgehead atoms. The molecule has 1 fully saturated rings. The van der Waals surface area contributed by atoms with Crippen LogP contribution in [0.15, 0.2) is 21.5 Å². The van der Waals surface area contributed by atoms with E-state index in [1.54, 1.807) is 21.9 Å². The summed E-state index contributed by atoms with van der Waals surface area (Å²) in [6.07, 6.45) is 0.578. The van der Waals surface area contributed by atoms with Gasteiger partial charge in [0.05, 0.1) is 47.4 Å². The van der Waals surface area contributed by atoms with Gasteiger partial charge < -0.3 is 29.9 Å². The summed E-state index contributed by atoms with van der Waals surface area (Å²) in [5.41, 5.74) is 1.13. The highest BCUT2D eigenvalue weighted by Crippen LogP contribution is 2.59. The maximum atomic E-state index is 12.9. The topological polar surface area (TPSA) is 140 Å². The van der Waals surface area contributed by atoms with Crippen LogP contribution in [0.3, 0.4) is 0 Å². The summed E-state index contributed by atoms with van der Waals surface area (Å²) in [4.78, 5) is 46.2. The number of carbonyl (C=O) groups excluding carboxylic acids is 2. The molecule has 3 N–H and O–H groups in total. The highest BCUT2D eigenvalue weighted by Gasteiger charge is 2.65. The lowest BCUT2D eigenvalue weighted by Crippen LogP contribution is -2.66. The van der Waals surface area contributed by atoms with E-state index in [0.717, 1.165) is 4.88 Å². The third-order valence-electron chi connectivity index (χ3n) is 6.89. The van der Waals surface area contributed by atoms with E-state index in [0.29, 0.717) is 10.6 Å². The molecule has 4 atom stereocenters. The van der Waals surface area contributed by atoms with Crippen molar-refractivity contribution < 1.29 is 34.4 Å². The number of aliphatic hydroxyl groups excluding tert-OH is 2. The first kappa shape index (κ1) is 29.2. The normalized spacial score (nSPS) is 24.2. The molecule has 12 heteroatoms. The molecule has 10 nitrogen and oxygen atoms in total. The molecule has 0 aromatic carbocycles. The van der Waals surface area contributed by atoms with Gasteiger partial charge in [0.25, 0.3) is 0 Å². The minimum Gasteiger partial charge on any atom is -0.477 e. The lowest BCUT2D eigenvalue weighted by molar-refractivity contribution is -0.167. The van der Waals surface area contributed by atoms with Crippen LogP contribution in [0.5, 0.6) is 0 Å². The maximum Gasteiger partial charge on any atom is 0.410 e. The van der Waals surface area contributed by atoms with Crippen LogP contribution in [0.4, 0.5) is 4.79 Å². The average Bonchev–Trinajstić information content (AvgIpc) is 3.32. The Hall–Kier alpha value is -2.41. The summed E-state index contributed by atoms with van der Waals surface area (Å²) in [5, 5.41) is 31.6. The summed E-state index contributed by atoms with van der Waals surface area (Å²) in [7, 11) is 0. The lowest BCUT2D eigenvalue weighted by atomic mass is 9.68. The summed E-state index contributed by atoms with van der Waals surface area (Å²) >= 11 is 2.51. The molecule has 0 unspecified atom stereocenters. The quantitative estimate of drug-likeness (QED) is 0.351. The molecular weight excluding hydrogens is 518 g/mol. The number of aliphatic hydroxyl groups is 2. The van der Waals surface area contributed by atoms with E-state index in [-0.39, 0.29) is 37.4 Å². The summed E-state index contributed by atoms with van der Waals surface area (Å²) in [6.45, 7) is 10.8. The van der Waals surface area contributed by atoms with Crippen molar-refractivity contribution in [2.75, 3.05) is 6.61 Å². The van der Waals surface area contributed by atoms with E-state index in [2.05, 4.69) is 4.98 Å². The predicted octanol–water partition coefficient (Wildman–Crippen LogP) is 3.51. The highest BCUT2D eigenvalue weighted by atomic mass is 32.2. The molecular formula is C25H35N3O7S2. The molecule has 0 radical (unpaired) electrons. The van der Waals surface area contributed by atoms with E-state index in [1.807, 2.05) is 34.6 Å². The molecule has 0 saturated carbocycles. The molecule has 0 aliphatic carbocycles. The smallest absolute Gasteiger partial charge is 0.410 e. The number of fused-ring (bicyclic) bond motifs is 1. The second kappa shape index (κ2) is 11.5. The zero-order chi connectivity index (χ0) is 27.7. The highest BCUT2D eigenvalue weighted by molar-refractivity contribution is 8.06. The van der Waals surface area contributed by atoms with Gasteiger partial charge in [-0.25, -0.2) is 14.6 Å². The molecule has 2 aliphatic rings. The molecule has 1 aromatic heterocycles. The van der Waals surface area contributed by atoms with Gasteiger partial charge in [0, 0.05) is 22.4 Å². The summed E-state index contributed by atoms with van der Waals surface area (Å²) < 4.78 is 5.61. The molecule has 2 amide bonds. The molecule has 2 aliphatic heterocycles. The van der Waals surface area contributed by atoms with Crippen molar-refractivity contribution in [2.24, 2.45) is 11.3 Å². The molecule has 1 saturated heterocycles. The van der Waals surface area contributed by atoms with Gasteiger partial charge in [-0.3, -0.25) is 4.79 Å². The number of amides is 2. The molecule has 1 aromatic rings. The van der Waals surface area contributed by atoms with Gasteiger partial charge in [0.1, 0.15) is 5.70 Å². The van der Waals surface area contributed by atoms with E-state index in [4.69, 9.17) is 4.74 Å². The SMILES string of the molecule is CC(C)N(C(=O)OCC[C@@]1(C)C(SC=Cc2scnc2CO)=C(C(=O)O)N2C(=O)[C@H]([C@@H](C)O)[C@@H]21)C(C)C. The van der Waals surface area contributed by atoms with Gasteiger partial charge in [-0.05, 0) is 52.5 Å². The minimum absolute atomic E-state index is 0.0144. The van der Waals surface area contributed by atoms with Crippen LogP contribution in [0.2, 0.25) is 0 Å². The summed E-state index contributed by atoms with van der Waals surface area (Å²) in [6, 6.07) is -0.693.